The van der Waals surface area contributed by atoms with E-state index in [0.29, 0.717) is 22.0 Å². The Morgan fingerprint density at radius 1 is 0.970 bits per heavy atom. The van der Waals surface area contributed by atoms with Crippen molar-refractivity contribution in [2.45, 2.75) is 13.0 Å². The van der Waals surface area contributed by atoms with Crippen LogP contribution in [0.1, 0.15) is 33.5 Å². The number of benzene rings is 2. The standard InChI is InChI=1S/C24H20N6O3/c1-15-8-7-11-17(26-15)14-25-29-24(33)21(27-22(31)16-9-3-2-4-10-16)20-18-12-5-6-13-19(18)23(32)30-28-20/h2-14,21H,1H3,(H,27,31)(H,29,33)(H,30,32)/t21-/m1/s1. The fourth-order valence-electron chi connectivity index (χ4n) is 3.28. The lowest BCUT2D eigenvalue weighted by Crippen LogP contribution is -2.40. The first-order valence-corrected chi connectivity index (χ1v) is 10.1. The predicted octanol–water partition coefficient (Wildman–Crippen LogP) is 2.25. The normalized spacial score (nSPS) is 11.9. The number of nitrogens with zero attached hydrogens (tertiary/aromatic N) is 3. The Labute approximate surface area is 188 Å². The Hall–Kier alpha value is -4.66. The van der Waals surface area contributed by atoms with E-state index in [9.17, 15) is 14.4 Å². The number of fused-ring (bicyclic) bond motifs is 1. The van der Waals surface area contributed by atoms with Crippen LogP contribution in [0.15, 0.2) is 82.7 Å². The molecule has 0 bridgehead atoms. The molecular formula is C24H20N6O3. The molecule has 4 aromatic rings. The highest BCUT2D eigenvalue weighted by Crippen LogP contribution is 2.20. The van der Waals surface area contributed by atoms with Gasteiger partial charge in [0.15, 0.2) is 6.04 Å². The first-order chi connectivity index (χ1) is 16.0. The number of aryl methyl sites for hydroxylation is 1. The van der Waals surface area contributed by atoms with Crippen molar-refractivity contribution in [3.05, 3.63) is 106 Å². The number of pyridine rings is 1. The molecule has 0 aliphatic carbocycles. The van der Waals surface area contributed by atoms with Crippen molar-refractivity contribution in [1.29, 1.82) is 0 Å². The molecule has 9 nitrogen and oxygen atoms in total. The summed E-state index contributed by atoms with van der Waals surface area (Å²) in [6, 6.07) is 19.4. The van der Waals surface area contributed by atoms with Gasteiger partial charge >= 0.3 is 0 Å². The second-order valence-electron chi connectivity index (χ2n) is 7.19. The lowest BCUT2D eigenvalue weighted by atomic mass is 10.0. The van der Waals surface area contributed by atoms with Crippen LogP contribution >= 0.6 is 0 Å². The molecule has 0 aliphatic rings. The summed E-state index contributed by atoms with van der Waals surface area (Å²) in [4.78, 5) is 42.4. The van der Waals surface area contributed by atoms with Crippen molar-refractivity contribution in [2.75, 3.05) is 0 Å². The van der Waals surface area contributed by atoms with Gasteiger partial charge in [0.25, 0.3) is 17.4 Å². The molecule has 9 heteroatoms. The molecule has 164 valence electrons. The molecule has 0 aliphatic heterocycles. The van der Waals surface area contributed by atoms with Gasteiger partial charge in [-0.05, 0) is 37.3 Å². The number of rotatable bonds is 6. The lowest BCUT2D eigenvalue weighted by Gasteiger charge is -2.18. The molecule has 0 fully saturated rings. The molecule has 2 amide bonds. The monoisotopic (exact) mass is 440 g/mol. The van der Waals surface area contributed by atoms with Crippen molar-refractivity contribution in [3.63, 3.8) is 0 Å². The van der Waals surface area contributed by atoms with Gasteiger partial charge in [-0.3, -0.25) is 19.4 Å². The summed E-state index contributed by atoms with van der Waals surface area (Å²) in [5.41, 5.74) is 3.96. The third-order valence-electron chi connectivity index (χ3n) is 4.85. The van der Waals surface area contributed by atoms with E-state index in [4.69, 9.17) is 0 Å². The number of H-pyrrole nitrogens is 1. The molecule has 0 saturated heterocycles. The number of hydrogen-bond acceptors (Lipinski definition) is 6. The molecular weight excluding hydrogens is 420 g/mol. The quantitative estimate of drug-likeness (QED) is 0.313. The summed E-state index contributed by atoms with van der Waals surface area (Å²) in [6.07, 6.45) is 1.40. The van der Waals surface area contributed by atoms with Crippen LogP contribution in [0.25, 0.3) is 10.8 Å². The van der Waals surface area contributed by atoms with Gasteiger partial charge in [0, 0.05) is 16.6 Å². The smallest absolute Gasteiger partial charge is 0.272 e. The van der Waals surface area contributed by atoms with E-state index in [2.05, 4.69) is 31.0 Å². The van der Waals surface area contributed by atoms with Crippen LogP contribution in [0.2, 0.25) is 0 Å². The molecule has 0 saturated carbocycles. The maximum atomic E-state index is 13.1. The van der Waals surface area contributed by atoms with Gasteiger partial charge < -0.3 is 5.32 Å². The average molecular weight is 440 g/mol. The first-order valence-electron chi connectivity index (χ1n) is 10.1. The second kappa shape index (κ2) is 9.65. The maximum absolute atomic E-state index is 13.1. The van der Waals surface area contributed by atoms with Gasteiger partial charge in [-0.25, -0.2) is 10.5 Å². The Bertz CT molecular complexity index is 1400. The number of hydrazone groups is 1. The highest BCUT2D eigenvalue weighted by atomic mass is 16.2. The Balaban J connectivity index is 1.67. The average Bonchev–Trinajstić information content (AvgIpc) is 2.84. The maximum Gasteiger partial charge on any atom is 0.272 e. The summed E-state index contributed by atoms with van der Waals surface area (Å²) in [5, 5.41) is 13.9. The molecule has 3 N–H and O–H groups in total. The van der Waals surface area contributed by atoms with Gasteiger partial charge in [-0.1, -0.05) is 42.5 Å². The fourth-order valence-corrected chi connectivity index (χ4v) is 3.28. The van der Waals surface area contributed by atoms with Crippen molar-refractivity contribution in [2.24, 2.45) is 5.10 Å². The van der Waals surface area contributed by atoms with Crippen molar-refractivity contribution in [1.82, 2.24) is 25.9 Å². The van der Waals surface area contributed by atoms with Crippen LogP contribution in [0, 0.1) is 6.92 Å². The van der Waals surface area contributed by atoms with E-state index >= 15 is 0 Å². The minimum Gasteiger partial charge on any atom is -0.335 e. The molecule has 0 radical (unpaired) electrons. The van der Waals surface area contributed by atoms with Gasteiger partial charge in [-0.15, -0.1) is 0 Å². The minimum atomic E-state index is -1.22. The van der Waals surface area contributed by atoms with Crippen LogP contribution in [0.5, 0.6) is 0 Å². The van der Waals surface area contributed by atoms with E-state index in [-0.39, 0.29) is 5.69 Å². The van der Waals surface area contributed by atoms with Gasteiger partial charge in [0.05, 0.1) is 17.3 Å². The Kier molecular flexibility index (Phi) is 6.31. The molecule has 2 aromatic carbocycles. The summed E-state index contributed by atoms with van der Waals surface area (Å²) in [5.74, 6) is -1.11. The van der Waals surface area contributed by atoms with Gasteiger partial charge in [0.2, 0.25) is 0 Å². The number of nitrogens with one attached hydrogen (secondary N) is 3. The highest BCUT2D eigenvalue weighted by Gasteiger charge is 2.27. The van der Waals surface area contributed by atoms with Crippen molar-refractivity contribution in [3.8, 4) is 0 Å². The molecule has 2 aromatic heterocycles. The largest absolute Gasteiger partial charge is 0.335 e. The Morgan fingerprint density at radius 3 is 2.45 bits per heavy atom. The molecule has 0 spiro atoms. The zero-order valence-electron chi connectivity index (χ0n) is 17.6. The molecule has 4 rings (SSSR count). The van der Waals surface area contributed by atoms with E-state index in [1.807, 2.05) is 19.1 Å². The second-order valence-corrected chi connectivity index (χ2v) is 7.19. The van der Waals surface area contributed by atoms with Crippen LogP contribution in [-0.2, 0) is 4.79 Å². The highest BCUT2D eigenvalue weighted by molar-refractivity contribution is 5.99. The number of amides is 2. The van der Waals surface area contributed by atoms with Crippen LogP contribution in [0.3, 0.4) is 0 Å². The predicted molar refractivity (Wildman–Crippen MR) is 124 cm³/mol. The number of carbonyl (C=O) groups excluding carboxylic acids is 2. The molecule has 0 unspecified atom stereocenters. The van der Waals surface area contributed by atoms with Crippen molar-refractivity contribution < 1.29 is 9.59 Å². The Morgan fingerprint density at radius 2 is 1.70 bits per heavy atom. The zero-order chi connectivity index (χ0) is 23.2. The van der Waals surface area contributed by atoms with E-state index in [1.165, 1.54) is 6.21 Å². The number of aromatic amines is 1. The minimum absolute atomic E-state index is 0.191. The van der Waals surface area contributed by atoms with Crippen LogP contribution in [0.4, 0.5) is 0 Å². The van der Waals surface area contributed by atoms with Crippen LogP contribution < -0.4 is 16.3 Å². The first kappa shape index (κ1) is 21.6. The van der Waals surface area contributed by atoms with E-state index < -0.39 is 23.4 Å². The third kappa shape index (κ3) is 4.99. The number of hydrogen-bond donors (Lipinski definition) is 3. The topological polar surface area (TPSA) is 129 Å². The van der Waals surface area contributed by atoms with E-state index in [0.717, 1.165) is 5.69 Å². The molecule has 2 heterocycles. The van der Waals surface area contributed by atoms with Gasteiger partial charge in [-0.2, -0.15) is 10.2 Å². The molecule has 1 atom stereocenters. The fraction of sp³-hybridized carbons (Fsp3) is 0.0833. The SMILES string of the molecule is Cc1cccc(C=NNC(=O)[C@H](NC(=O)c2ccccc2)c2n[nH]c(=O)c3ccccc23)n1. The zero-order valence-corrected chi connectivity index (χ0v) is 17.6. The third-order valence-corrected chi connectivity index (χ3v) is 4.85. The summed E-state index contributed by atoms with van der Waals surface area (Å²) in [7, 11) is 0. The summed E-state index contributed by atoms with van der Waals surface area (Å²) >= 11 is 0. The summed E-state index contributed by atoms with van der Waals surface area (Å²) < 4.78 is 0. The number of aromatic nitrogens is 3. The molecule has 33 heavy (non-hydrogen) atoms. The van der Waals surface area contributed by atoms with Gasteiger partial charge in [0.1, 0.15) is 5.69 Å². The lowest BCUT2D eigenvalue weighted by molar-refractivity contribution is -0.123. The van der Waals surface area contributed by atoms with Crippen molar-refractivity contribution >= 4 is 28.8 Å². The van der Waals surface area contributed by atoms with Crippen LogP contribution in [-0.4, -0.2) is 33.2 Å². The summed E-state index contributed by atoms with van der Waals surface area (Å²) in [6.45, 7) is 1.85. The number of carbonyl (C=O) groups is 2. The van der Waals surface area contributed by atoms with E-state index in [1.54, 1.807) is 60.7 Å².